The molecular formula is C16H25NS. The normalized spacial score (nSPS) is 19.8. The lowest BCUT2D eigenvalue weighted by molar-refractivity contribution is 0.473. The molecule has 0 saturated heterocycles. The summed E-state index contributed by atoms with van der Waals surface area (Å²) < 4.78 is 0. The van der Waals surface area contributed by atoms with Crippen LogP contribution in [0.25, 0.3) is 0 Å². The van der Waals surface area contributed by atoms with E-state index in [1.54, 1.807) is 5.56 Å². The molecule has 0 amide bonds. The van der Waals surface area contributed by atoms with Gasteiger partial charge in [-0.25, -0.2) is 0 Å². The molecule has 2 rings (SSSR count). The first-order chi connectivity index (χ1) is 8.85. The van der Waals surface area contributed by atoms with E-state index >= 15 is 0 Å². The van der Waals surface area contributed by atoms with Gasteiger partial charge in [-0.15, -0.1) is 11.8 Å². The minimum absolute atomic E-state index is 0.666. The Labute approximate surface area is 116 Å². The van der Waals surface area contributed by atoms with Gasteiger partial charge >= 0.3 is 0 Å². The Morgan fingerprint density at radius 1 is 1.28 bits per heavy atom. The van der Waals surface area contributed by atoms with Crippen LogP contribution >= 0.6 is 11.8 Å². The van der Waals surface area contributed by atoms with Gasteiger partial charge in [-0.2, -0.15) is 0 Å². The van der Waals surface area contributed by atoms with Crippen LogP contribution in [0.4, 0.5) is 0 Å². The van der Waals surface area contributed by atoms with E-state index in [0.717, 1.165) is 5.25 Å². The molecule has 0 aliphatic carbocycles. The topological polar surface area (TPSA) is 12.0 Å². The maximum atomic E-state index is 3.53. The van der Waals surface area contributed by atoms with E-state index in [1.807, 2.05) is 0 Å². The van der Waals surface area contributed by atoms with Crippen LogP contribution in [0, 0.1) is 0 Å². The molecule has 0 fully saturated rings. The third kappa shape index (κ3) is 3.52. The second kappa shape index (κ2) is 7.20. The van der Waals surface area contributed by atoms with Crippen molar-refractivity contribution in [3.05, 3.63) is 29.8 Å². The molecule has 2 unspecified atom stereocenters. The van der Waals surface area contributed by atoms with Crippen molar-refractivity contribution in [2.45, 2.75) is 61.6 Å². The molecule has 1 aromatic carbocycles. The number of unbranched alkanes of at least 4 members (excludes halogenated alkanes) is 3. The van der Waals surface area contributed by atoms with Gasteiger partial charge in [0.05, 0.1) is 0 Å². The lowest BCUT2D eigenvalue weighted by Gasteiger charge is -2.22. The predicted molar refractivity (Wildman–Crippen MR) is 81.4 cm³/mol. The fraction of sp³-hybridized carbons (Fsp3) is 0.625. The summed E-state index contributed by atoms with van der Waals surface area (Å²) in [6.45, 7) is 2.28. The summed E-state index contributed by atoms with van der Waals surface area (Å²) in [4.78, 5) is 1.50. The molecule has 1 aliphatic heterocycles. The molecular weight excluding hydrogens is 238 g/mol. The number of rotatable bonds is 7. The van der Waals surface area contributed by atoms with Crippen LogP contribution in [-0.4, -0.2) is 18.3 Å². The Morgan fingerprint density at radius 2 is 2.11 bits per heavy atom. The third-order valence-electron chi connectivity index (χ3n) is 3.86. The summed E-state index contributed by atoms with van der Waals surface area (Å²) in [6, 6.07) is 9.54. The van der Waals surface area contributed by atoms with Crippen molar-refractivity contribution >= 4 is 11.8 Å². The zero-order valence-electron chi connectivity index (χ0n) is 11.6. The summed E-state index contributed by atoms with van der Waals surface area (Å²) in [7, 11) is 2.12. The largest absolute Gasteiger partial charge is 0.316 e. The van der Waals surface area contributed by atoms with E-state index in [1.165, 1.54) is 43.4 Å². The van der Waals surface area contributed by atoms with Gasteiger partial charge in [-0.1, -0.05) is 50.8 Å². The summed E-state index contributed by atoms with van der Waals surface area (Å²) in [5.41, 5.74) is 1.54. The molecule has 0 spiro atoms. The van der Waals surface area contributed by atoms with Crippen molar-refractivity contribution < 1.29 is 0 Å². The van der Waals surface area contributed by atoms with Crippen molar-refractivity contribution in [1.82, 2.24) is 5.32 Å². The predicted octanol–water partition coefficient (Wildman–Crippen LogP) is 4.26. The second-order valence-corrected chi connectivity index (χ2v) is 6.49. The molecule has 100 valence electrons. The Hall–Kier alpha value is -0.470. The molecule has 2 atom stereocenters. The van der Waals surface area contributed by atoms with Crippen molar-refractivity contribution in [1.29, 1.82) is 0 Å². The van der Waals surface area contributed by atoms with Crippen molar-refractivity contribution in [3.8, 4) is 0 Å². The standard InChI is InChI=1S/C16H25NS/c1-3-4-5-6-10-14(17-2)16-12-13-9-7-8-11-15(13)18-16/h7-9,11,14,16-17H,3-6,10,12H2,1-2H3. The van der Waals surface area contributed by atoms with Crippen LogP contribution in [0.1, 0.15) is 44.6 Å². The van der Waals surface area contributed by atoms with Gasteiger partial charge in [-0.3, -0.25) is 0 Å². The highest BCUT2D eigenvalue weighted by molar-refractivity contribution is 8.00. The van der Waals surface area contributed by atoms with Crippen LogP contribution in [0.5, 0.6) is 0 Å². The maximum absolute atomic E-state index is 3.53. The van der Waals surface area contributed by atoms with Crippen LogP contribution in [-0.2, 0) is 6.42 Å². The Balaban J connectivity index is 1.84. The highest BCUT2D eigenvalue weighted by Gasteiger charge is 2.27. The average molecular weight is 263 g/mol. The lowest BCUT2D eigenvalue weighted by Crippen LogP contribution is -2.35. The molecule has 1 heterocycles. The van der Waals surface area contributed by atoms with Crippen molar-refractivity contribution in [2.24, 2.45) is 0 Å². The monoisotopic (exact) mass is 263 g/mol. The molecule has 1 aromatic rings. The van der Waals surface area contributed by atoms with Gasteiger partial charge in [0, 0.05) is 16.2 Å². The van der Waals surface area contributed by atoms with Crippen LogP contribution in [0.15, 0.2) is 29.2 Å². The molecule has 0 radical (unpaired) electrons. The number of thioether (sulfide) groups is 1. The van der Waals surface area contributed by atoms with Crippen LogP contribution < -0.4 is 5.32 Å². The number of hydrogen-bond donors (Lipinski definition) is 1. The fourth-order valence-electron chi connectivity index (χ4n) is 2.74. The number of hydrogen-bond acceptors (Lipinski definition) is 2. The van der Waals surface area contributed by atoms with E-state index in [9.17, 15) is 0 Å². The zero-order valence-corrected chi connectivity index (χ0v) is 12.4. The Bertz CT molecular complexity index is 339. The van der Waals surface area contributed by atoms with Gasteiger partial charge in [0.2, 0.25) is 0 Å². The number of fused-ring (bicyclic) bond motifs is 1. The van der Waals surface area contributed by atoms with Crippen molar-refractivity contribution in [3.63, 3.8) is 0 Å². The first kappa shape index (κ1) is 14.0. The minimum Gasteiger partial charge on any atom is -0.316 e. The summed E-state index contributed by atoms with van der Waals surface area (Å²) in [6.07, 6.45) is 8.02. The Morgan fingerprint density at radius 3 is 2.83 bits per heavy atom. The van der Waals surface area contributed by atoms with Gasteiger partial charge in [0.15, 0.2) is 0 Å². The molecule has 18 heavy (non-hydrogen) atoms. The maximum Gasteiger partial charge on any atom is 0.0289 e. The summed E-state index contributed by atoms with van der Waals surface area (Å²) >= 11 is 2.07. The summed E-state index contributed by atoms with van der Waals surface area (Å²) in [5, 5.41) is 4.27. The van der Waals surface area contributed by atoms with Gasteiger partial charge < -0.3 is 5.32 Å². The molecule has 0 bridgehead atoms. The lowest BCUT2D eigenvalue weighted by atomic mass is 10.00. The number of benzene rings is 1. The van der Waals surface area contributed by atoms with E-state index in [0.29, 0.717) is 6.04 Å². The minimum atomic E-state index is 0.666. The smallest absolute Gasteiger partial charge is 0.0289 e. The third-order valence-corrected chi connectivity index (χ3v) is 5.31. The van der Waals surface area contributed by atoms with Crippen LogP contribution in [0.2, 0.25) is 0 Å². The van der Waals surface area contributed by atoms with E-state index < -0.39 is 0 Å². The van der Waals surface area contributed by atoms with E-state index in [2.05, 4.69) is 55.3 Å². The molecule has 1 N–H and O–H groups in total. The first-order valence-corrected chi connectivity index (χ1v) is 8.15. The highest BCUT2D eigenvalue weighted by Crippen LogP contribution is 2.39. The first-order valence-electron chi connectivity index (χ1n) is 7.27. The molecule has 2 heteroatoms. The summed E-state index contributed by atoms with van der Waals surface area (Å²) in [5.74, 6) is 0. The van der Waals surface area contributed by atoms with Gasteiger partial charge in [0.1, 0.15) is 0 Å². The SMILES string of the molecule is CCCCCCC(NC)C1Cc2ccccc2S1. The molecule has 1 aliphatic rings. The van der Waals surface area contributed by atoms with E-state index in [4.69, 9.17) is 0 Å². The van der Waals surface area contributed by atoms with Gasteiger partial charge in [-0.05, 0) is 31.5 Å². The average Bonchev–Trinajstić information content (AvgIpc) is 2.82. The molecule has 1 nitrogen and oxygen atoms in total. The fourth-order valence-corrected chi connectivity index (χ4v) is 4.23. The Kier molecular flexibility index (Phi) is 5.58. The highest BCUT2D eigenvalue weighted by atomic mass is 32.2. The van der Waals surface area contributed by atoms with E-state index in [-0.39, 0.29) is 0 Å². The zero-order chi connectivity index (χ0) is 12.8. The molecule has 0 aromatic heterocycles. The van der Waals surface area contributed by atoms with Crippen molar-refractivity contribution in [2.75, 3.05) is 7.05 Å². The second-order valence-electron chi connectivity index (χ2n) is 5.21. The van der Waals surface area contributed by atoms with Gasteiger partial charge in [0.25, 0.3) is 0 Å². The quantitative estimate of drug-likeness (QED) is 0.738. The van der Waals surface area contributed by atoms with Crippen LogP contribution in [0.3, 0.4) is 0 Å². The molecule has 0 saturated carbocycles. The number of nitrogens with one attached hydrogen (secondary N) is 1.